The summed E-state index contributed by atoms with van der Waals surface area (Å²) in [6.45, 7) is 2.58. The van der Waals surface area contributed by atoms with E-state index in [-0.39, 0.29) is 61.3 Å². The van der Waals surface area contributed by atoms with Gasteiger partial charge in [0.1, 0.15) is 18.6 Å². The number of morpholine rings is 1. The maximum absolute atomic E-state index is 13.7. The zero-order chi connectivity index (χ0) is 24.9. The molecule has 0 bridgehead atoms. The number of unbranched alkanes of at least 4 members (excludes halogenated alkanes) is 1. The first-order valence-corrected chi connectivity index (χ1v) is 12.3. The van der Waals surface area contributed by atoms with Gasteiger partial charge in [-0.05, 0) is 12.3 Å². The molecular formula is C22H30ArF4N4O3S. The van der Waals surface area contributed by atoms with Gasteiger partial charge in [0.15, 0.2) is 5.16 Å². The fourth-order valence-corrected chi connectivity index (χ4v) is 4.52. The van der Waals surface area contributed by atoms with Crippen LogP contribution in [0.3, 0.4) is 0 Å². The number of aryl methyl sites for hydroxylation is 1. The number of hydrogen-bond acceptors (Lipinski definition) is 7. The van der Waals surface area contributed by atoms with Crippen LogP contribution in [0.1, 0.15) is 46.0 Å². The second-order valence-electron chi connectivity index (χ2n) is 8.44. The van der Waals surface area contributed by atoms with Crippen LogP contribution in [0.15, 0.2) is 17.6 Å². The molecule has 2 aromatic rings. The van der Waals surface area contributed by atoms with Crippen LogP contribution in [0.2, 0.25) is 0 Å². The van der Waals surface area contributed by atoms with Crippen LogP contribution in [-0.4, -0.2) is 58.2 Å². The molecule has 0 spiro atoms. The molecule has 2 aromatic heterocycles. The molecule has 1 aliphatic heterocycles. The minimum absolute atomic E-state index is 0. The Labute approximate surface area is 236 Å². The van der Waals surface area contributed by atoms with Gasteiger partial charge in [0.05, 0.1) is 30.4 Å². The Bertz CT molecular complexity index is 979. The van der Waals surface area contributed by atoms with Gasteiger partial charge in [0, 0.05) is 56.7 Å². The summed E-state index contributed by atoms with van der Waals surface area (Å²) in [6.07, 6.45) is -0.671. The van der Waals surface area contributed by atoms with E-state index < -0.39 is 25.3 Å². The van der Waals surface area contributed by atoms with Gasteiger partial charge in [-0.3, -0.25) is 9.53 Å². The van der Waals surface area contributed by atoms with E-state index in [1.807, 2.05) is 0 Å². The Morgan fingerprint density at radius 1 is 1.26 bits per heavy atom. The number of alkyl halides is 4. The van der Waals surface area contributed by atoms with Crippen LogP contribution in [0, 0.1) is 43.7 Å². The summed E-state index contributed by atoms with van der Waals surface area (Å²) in [4.78, 5) is 21.6. The Morgan fingerprint density at radius 3 is 2.57 bits per heavy atom. The first kappa shape index (κ1) is 30.4. The number of nitrogens with zero attached hydrogens (tertiary/aromatic N) is 4. The van der Waals surface area contributed by atoms with Crippen molar-refractivity contribution in [3.05, 3.63) is 12.4 Å². The molecule has 1 fully saturated rings. The van der Waals surface area contributed by atoms with Crippen LogP contribution in [0.4, 0.5) is 23.2 Å². The third-order valence-corrected chi connectivity index (χ3v) is 6.50. The van der Waals surface area contributed by atoms with Gasteiger partial charge >= 0.3 is 18.2 Å². The molecule has 1 atom stereocenters. The van der Waals surface area contributed by atoms with Crippen LogP contribution in [0.5, 0.6) is 0 Å². The number of ether oxygens (including phenoxy) is 2. The van der Waals surface area contributed by atoms with Crippen LogP contribution in [-0.2, 0) is 21.3 Å². The van der Waals surface area contributed by atoms with Crippen molar-refractivity contribution in [2.24, 2.45) is 13.0 Å². The van der Waals surface area contributed by atoms with Gasteiger partial charge in [0.25, 0.3) is 0 Å². The molecule has 0 aliphatic carbocycles. The van der Waals surface area contributed by atoms with Crippen molar-refractivity contribution in [1.82, 2.24) is 14.5 Å². The fraction of sp³-hybridized carbons (Fsp3) is 0.682. The zero-order valence-corrected chi connectivity index (χ0v) is 21.4. The molecule has 0 radical (unpaired) electrons. The summed E-state index contributed by atoms with van der Waals surface area (Å²) in [6, 6.07) is 0. The first-order chi connectivity index (χ1) is 16.0. The van der Waals surface area contributed by atoms with Crippen LogP contribution in [0.25, 0.3) is 11.0 Å². The summed E-state index contributed by atoms with van der Waals surface area (Å²) >= 11 is 1.21. The largest absolute Gasteiger partial charge is 0.465 e. The Kier molecular flexibility index (Phi) is 11.4. The van der Waals surface area contributed by atoms with Crippen molar-refractivity contribution in [3.63, 3.8) is 0 Å². The third-order valence-electron chi connectivity index (χ3n) is 5.64. The summed E-state index contributed by atoms with van der Waals surface area (Å²) in [5.74, 6) is 0.423. The van der Waals surface area contributed by atoms with E-state index >= 15 is 0 Å². The number of aromatic nitrogens is 3. The Balaban J connectivity index is 0.00000432. The standard InChI is InChI=1S/C22H30F4N4O3S.Ar/c1-4-6-7-15(5-2)12-32-18(31)8-9-34-20-27-10-16-19(28-20)17(11-29(16)3)30-13-21(23,24)33-22(25,26)14-30;/h10-11,15H,4-9,12-14H2,1-3H3;. The zero-order valence-electron chi connectivity index (χ0n) is 19.9. The summed E-state index contributed by atoms with van der Waals surface area (Å²) in [5.41, 5.74) is 0.925. The second kappa shape index (κ2) is 13.1. The minimum atomic E-state index is -4.00. The molecule has 1 unspecified atom stereocenters. The Hall–Kier alpha value is -0.820. The molecule has 0 aromatic carbocycles. The number of halogens is 4. The number of rotatable bonds is 11. The number of esters is 1. The van der Waals surface area contributed by atoms with Crippen molar-refractivity contribution in [1.29, 1.82) is 0 Å². The molecule has 13 heteroatoms. The molecule has 0 amide bonds. The van der Waals surface area contributed by atoms with E-state index in [0.29, 0.717) is 29.0 Å². The monoisotopic (exact) mass is 546 g/mol. The fourth-order valence-electron chi connectivity index (χ4n) is 3.78. The SMILES string of the molecule is CCCCC(CC)COC(=O)CCSc1ncc2c(n1)c(N1CC(F)(F)OC(F)(F)C1)cn2C.[Ar]. The number of carbonyl (C=O) groups excluding carboxylic acids is 1. The molecular weight excluding hydrogens is 516 g/mol. The predicted octanol–water partition coefficient (Wildman–Crippen LogP) is 5.23. The summed E-state index contributed by atoms with van der Waals surface area (Å²) < 4.78 is 65.5. The van der Waals surface area contributed by atoms with Gasteiger partial charge < -0.3 is 14.2 Å². The summed E-state index contributed by atoms with van der Waals surface area (Å²) in [5, 5.41) is 0.314. The molecule has 0 N–H and O–H groups in total. The van der Waals surface area contributed by atoms with Crippen molar-refractivity contribution in [2.75, 3.05) is 30.3 Å². The number of thioether (sulfide) groups is 1. The molecule has 7 nitrogen and oxygen atoms in total. The number of fused-ring (bicyclic) bond motifs is 1. The predicted molar refractivity (Wildman–Crippen MR) is 121 cm³/mol. The maximum Gasteiger partial charge on any atom is 0.377 e. The van der Waals surface area contributed by atoms with Crippen molar-refractivity contribution in [2.45, 2.75) is 63.3 Å². The number of hydrogen-bond donors (Lipinski definition) is 0. The van der Waals surface area contributed by atoms with E-state index in [0.717, 1.165) is 30.6 Å². The van der Waals surface area contributed by atoms with Crippen molar-refractivity contribution < 1.29 is 69.6 Å². The van der Waals surface area contributed by atoms with Gasteiger partial charge in [-0.2, -0.15) is 17.6 Å². The normalized spacial score (nSPS) is 17.7. The van der Waals surface area contributed by atoms with Crippen LogP contribution < -0.4 is 4.90 Å². The minimum Gasteiger partial charge on any atom is -0.465 e. The second-order valence-corrected chi connectivity index (χ2v) is 9.50. The van der Waals surface area contributed by atoms with Gasteiger partial charge in [-0.1, -0.05) is 44.9 Å². The van der Waals surface area contributed by atoms with E-state index in [4.69, 9.17) is 4.74 Å². The average Bonchev–Trinajstić information content (AvgIpc) is 3.08. The number of anilines is 1. The van der Waals surface area contributed by atoms with Gasteiger partial charge in [-0.25, -0.2) is 9.97 Å². The summed E-state index contributed by atoms with van der Waals surface area (Å²) in [7, 11) is 1.65. The average molecular weight is 547 g/mol. The molecule has 1 aliphatic rings. The van der Waals surface area contributed by atoms with E-state index in [1.165, 1.54) is 24.2 Å². The quantitative estimate of drug-likeness (QED) is 0.165. The topological polar surface area (TPSA) is 69.5 Å². The molecule has 35 heavy (non-hydrogen) atoms. The first-order valence-electron chi connectivity index (χ1n) is 11.3. The van der Waals surface area contributed by atoms with Crippen molar-refractivity contribution in [3.8, 4) is 0 Å². The van der Waals surface area contributed by atoms with Crippen LogP contribution >= 0.6 is 11.8 Å². The van der Waals surface area contributed by atoms with Gasteiger partial charge in [-0.15, -0.1) is 0 Å². The van der Waals surface area contributed by atoms with Gasteiger partial charge in [0.2, 0.25) is 0 Å². The van der Waals surface area contributed by atoms with E-state index in [1.54, 1.807) is 11.6 Å². The van der Waals surface area contributed by atoms with E-state index in [2.05, 4.69) is 28.6 Å². The third kappa shape index (κ3) is 8.62. The van der Waals surface area contributed by atoms with Crippen molar-refractivity contribution >= 4 is 34.5 Å². The maximum atomic E-state index is 13.7. The molecule has 198 valence electrons. The van der Waals surface area contributed by atoms with E-state index in [9.17, 15) is 22.4 Å². The molecule has 3 heterocycles. The molecule has 3 rings (SSSR count). The Morgan fingerprint density at radius 2 is 1.94 bits per heavy atom. The molecule has 0 saturated carbocycles. The molecule has 1 saturated heterocycles. The smallest absolute Gasteiger partial charge is 0.377 e. The number of carbonyl (C=O) groups is 1.